The van der Waals surface area contributed by atoms with E-state index in [1.165, 1.54) is 10.5 Å². The van der Waals surface area contributed by atoms with Crippen LogP contribution in [-0.4, -0.2) is 59.8 Å². The van der Waals surface area contributed by atoms with E-state index in [4.69, 9.17) is 9.72 Å². The molecule has 2 heterocycles. The first-order valence-corrected chi connectivity index (χ1v) is 18.0. The molecule has 3 fully saturated rings. The van der Waals surface area contributed by atoms with Crippen LogP contribution in [0, 0.1) is 5.92 Å². The number of sulfonamides is 1. The quantitative estimate of drug-likeness (QED) is 0.260. The largest absolute Gasteiger partial charge is 0.444 e. The minimum Gasteiger partial charge on any atom is -0.444 e. The molecule has 2 saturated carbocycles. The lowest BCUT2D eigenvalue weighted by atomic mass is 9.71. The summed E-state index contributed by atoms with van der Waals surface area (Å²) in [5, 5.41) is 5.52. The number of aromatic nitrogens is 1. The second-order valence-corrected chi connectivity index (χ2v) is 16.2. The number of ether oxygens (including phenoxy) is 1. The molecule has 0 radical (unpaired) electrons. The zero-order chi connectivity index (χ0) is 33.4. The predicted molar refractivity (Wildman–Crippen MR) is 180 cm³/mol. The van der Waals surface area contributed by atoms with Crippen LogP contribution in [0.4, 0.5) is 14.9 Å². The molecule has 1 aromatic heterocycles. The van der Waals surface area contributed by atoms with Gasteiger partial charge in [-0.3, -0.25) is 9.78 Å². The van der Waals surface area contributed by atoms with Crippen molar-refractivity contribution in [2.45, 2.75) is 88.3 Å². The minimum absolute atomic E-state index is 0.239. The number of carbonyl (C=O) groups excluding carboxylic acids is 2. The second-order valence-electron chi connectivity index (χ2n) is 14.0. The fraction of sp³-hybridized carbons (Fsp3) is 0.472. The second kappa shape index (κ2) is 13.0. The Hall–Kier alpha value is -3.83. The number of hydrogen-bond acceptors (Lipinski definition) is 6. The maximum absolute atomic E-state index is 15.4. The van der Waals surface area contributed by atoms with Crippen molar-refractivity contribution < 1.29 is 27.1 Å². The number of benzene rings is 2. The fourth-order valence-corrected chi connectivity index (χ4v) is 8.36. The van der Waals surface area contributed by atoms with E-state index in [1.807, 2.05) is 75.4 Å². The van der Waals surface area contributed by atoms with Crippen LogP contribution in [0.15, 0.2) is 66.9 Å². The molecular formula is C36H43FN4O5S. The van der Waals surface area contributed by atoms with E-state index < -0.39 is 45.3 Å². The molecule has 2 aliphatic carbocycles. The average molecular weight is 663 g/mol. The Bertz CT molecular complexity index is 1710. The molecular weight excluding hydrogens is 619 g/mol. The molecule has 11 heteroatoms. The maximum atomic E-state index is 15.4. The van der Waals surface area contributed by atoms with Crippen LogP contribution in [0.5, 0.6) is 0 Å². The molecule has 1 aliphatic heterocycles. The van der Waals surface area contributed by atoms with Gasteiger partial charge in [0.15, 0.2) is 6.17 Å². The van der Waals surface area contributed by atoms with Crippen molar-refractivity contribution in [3.8, 4) is 22.4 Å². The Morgan fingerprint density at radius 1 is 0.979 bits per heavy atom. The maximum Gasteiger partial charge on any atom is 0.408 e. The molecule has 2 amide bonds. The van der Waals surface area contributed by atoms with Gasteiger partial charge in [0, 0.05) is 30.1 Å². The highest BCUT2D eigenvalue weighted by molar-refractivity contribution is 7.90. The minimum atomic E-state index is -3.30. The van der Waals surface area contributed by atoms with E-state index >= 15 is 4.39 Å². The molecule has 3 aliphatic rings. The summed E-state index contributed by atoms with van der Waals surface area (Å²) in [5.41, 5.74) is 3.52. The Labute approximate surface area is 276 Å². The number of hydrogen-bond donors (Lipinski definition) is 2. The number of anilines is 1. The lowest BCUT2D eigenvalue weighted by Gasteiger charge is -2.43. The fourth-order valence-electron chi connectivity index (χ4n) is 6.49. The number of alkyl carbamates (subject to hydrolysis) is 1. The molecule has 0 spiro atoms. The summed E-state index contributed by atoms with van der Waals surface area (Å²) >= 11 is 0. The molecule has 0 bridgehead atoms. The third kappa shape index (κ3) is 7.36. The molecule has 9 nitrogen and oxygen atoms in total. The topological polar surface area (TPSA) is 118 Å². The molecule has 47 heavy (non-hydrogen) atoms. The molecule has 3 aromatic rings. The monoisotopic (exact) mass is 662 g/mol. The first-order valence-electron chi connectivity index (χ1n) is 16.5. The van der Waals surface area contributed by atoms with Gasteiger partial charge in [-0.1, -0.05) is 54.6 Å². The normalized spacial score (nSPS) is 19.3. The van der Waals surface area contributed by atoms with Gasteiger partial charge in [0.25, 0.3) is 5.91 Å². The van der Waals surface area contributed by atoms with Gasteiger partial charge >= 0.3 is 6.09 Å². The van der Waals surface area contributed by atoms with Crippen molar-refractivity contribution in [1.82, 2.24) is 14.6 Å². The number of nitrogens with zero attached hydrogens (tertiary/aromatic N) is 2. The van der Waals surface area contributed by atoms with E-state index in [1.54, 1.807) is 6.07 Å². The predicted octanol–water partition coefficient (Wildman–Crippen LogP) is 6.80. The smallest absolute Gasteiger partial charge is 0.408 e. The third-order valence-electron chi connectivity index (χ3n) is 9.37. The highest BCUT2D eigenvalue weighted by Gasteiger charge is 2.43. The van der Waals surface area contributed by atoms with Gasteiger partial charge < -0.3 is 15.4 Å². The number of alkyl halides is 1. The summed E-state index contributed by atoms with van der Waals surface area (Å²) in [7, 11) is -3.30. The van der Waals surface area contributed by atoms with Crippen molar-refractivity contribution in [3.63, 3.8) is 0 Å². The van der Waals surface area contributed by atoms with Crippen molar-refractivity contribution in [2.24, 2.45) is 5.92 Å². The van der Waals surface area contributed by atoms with Crippen molar-refractivity contribution in [2.75, 3.05) is 18.4 Å². The van der Waals surface area contributed by atoms with E-state index in [-0.39, 0.29) is 18.3 Å². The Morgan fingerprint density at radius 3 is 2.21 bits per heavy atom. The van der Waals surface area contributed by atoms with Gasteiger partial charge in [-0.25, -0.2) is 21.9 Å². The van der Waals surface area contributed by atoms with Crippen LogP contribution >= 0.6 is 0 Å². The number of pyridine rings is 1. The van der Waals surface area contributed by atoms with Crippen LogP contribution < -0.4 is 10.6 Å². The number of carbonyl (C=O) groups is 2. The molecule has 250 valence electrons. The lowest BCUT2D eigenvalue weighted by Crippen LogP contribution is -2.52. The molecule has 1 saturated heterocycles. The highest BCUT2D eigenvalue weighted by atomic mass is 32.2. The SMILES string of the molecule is CC(C)(C)OC(=O)NC1(c2ccc(-c3ncc(NC(=O)[C@@H](F)C4CCN(S(=O)(=O)C5CC5)CC4)cc3-c3ccccc3)cc2)CCC1. The molecule has 2 aromatic carbocycles. The summed E-state index contributed by atoms with van der Waals surface area (Å²) in [6, 6.07) is 19.4. The number of rotatable bonds is 9. The van der Waals surface area contributed by atoms with E-state index in [2.05, 4.69) is 10.6 Å². The summed E-state index contributed by atoms with van der Waals surface area (Å²) in [4.78, 5) is 30.4. The van der Waals surface area contributed by atoms with Gasteiger partial charge in [-0.2, -0.15) is 0 Å². The number of piperidine rings is 1. The van der Waals surface area contributed by atoms with Crippen LogP contribution in [0.2, 0.25) is 0 Å². The van der Waals surface area contributed by atoms with Crippen LogP contribution in [-0.2, 0) is 25.1 Å². The average Bonchev–Trinajstić information content (AvgIpc) is 3.89. The van der Waals surface area contributed by atoms with E-state index in [0.29, 0.717) is 37.1 Å². The van der Waals surface area contributed by atoms with Crippen LogP contribution in [0.1, 0.15) is 71.3 Å². The summed E-state index contributed by atoms with van der Waals surface area (Å²) in [6.07, 6.45) is 3.96. The lowest BCUT2D eigenvalue weighted by molar-refractivity contribution is -0.123. The van der Waals surface area contributed by atoms with Crippen molar-refractivity contribution >= 4 is 27.7 Å². The van der Waals surface area contributed by atoms with Gasteiger partial charge in [-0.15, -0.1) is 0 Å². The van der Waals surface area contributed by atoms with Crippen LogP contribution in [0.3, 0.4) is 0 Å². The standard InChI is InChI=1S/C36H43FN4O5S/c1-35(2,3)46-34(43)40-36(18-7-19-36)27-12-10-26(11-13-27)32-30(24-8-5-4-6-9-24)22-28(23-38-32)39-33(42)31(37)25-16-20-41(21-17-25)47(44,45)29-14-15-29/h4-6,8-13,22-23,25,29,31H,7,14-21H2,1-3H3,(H,39,42)(H,40,43)/t31-/m0/s1. The summed E-state index contributed by atoms with van der Waals surface area (Å²) in [5.74, 6) is -1.31. The number of halogens is 1. The summed E-state index contributed by atoms with van der Waals surface area (Å²) in [6.45, 7) is 6.00. The van der Waals surface area contributed by atoms with E-state index in [0.717, 1.165) is 41.5 Å². The first-order chi connectivity index (χ1) is 22.3. The molecule has 1 atom stereocenters. The Kier molecular flexibility index (Phi) is 9.15. The van der Waals surface area contributed by atoms with Crippen molar-refractivity contribution in [3.05, 3.63) is 72.4 Å². The summed E-state index contributed by atoms with van der Waals surface area (Å²) < 4.78 is 47.5. The van der Waals surface area contributed by atoms with Gasteiger partial charge in [0.05, 0.1) is 28.4 Å². The first kappa shape index (κ1) is 33.1. The van der Waals surface area contributed by atoms with Gasteiger partial charge in [-0.05, 0) is 82.9 Å². The zero-order valence-corrected chi connectivity index (χ0v) is 28.0. The molecule has 2 N–H and O–H groups in total. The highest BCUT2D eigenvalue weighted by Crippen LogP contribution is 2.43. The zero-order valence-electron chi connectivity index (χ0n) is 27.2. The van der Waals surface area contributed by atoms with Crippen LogP contribution in [0.25, 0.3) is 22.4 Å². The third-order valence-corrected chi connectivity index (χ3v) is 11.8. The molecule has 6 rings (SSSR count). The number of amides is 2. The van der Waals surface area contributed by atoms with Crippen molar-refractivity contribution in [1.29, 1.82) is 0 Å². The number of nitrogens with one attached hydrogen (secondary N) is 2. The Morgan fingerprint density at radius 2 is 1.64 bits per heavy atom. The van der Waals surface area contributed by atoms with Gasteiger partial charge in [0.2, 0.25) is 10.0 Å². The molecule has 0 unspecified atom stereocenters. The van der Waals surface area contributed by atoms with Gasteiger partial charge in [0.1, 0.15) is 5.60 Å². The Balaban J connectivity index is 1.18. The van der Waals surface area contributed by atoms with E-state index in [9.17, 15) is 18.0 Å².